The fraction of sp³-hybridized carbons (Fsp3) is 0. The van der Waals surface area contributed by atoms with Crippen LogP contribution in [0.25, 0.3) is 0 Å². The molecule has 5 heavy (non-hydrogen) atoms. The Bertz CT molecular complexity index is 3.61. The molecule has 5 heteroatoms. The summed E-state index contributed by atoms with van der Waals surface area (Å²) in [5.74, 6) is 0. The minimum Gasteiger partial charge on any atom is -2.00 e. The Balaban J connectivity index is 0. The fourth-order valence-electron chi connectivity index (χ4n) is 0. The van der Waals surface area contributed by atoms with Crippen LogP contribution in [0.5, 0.6) is 0 Å². The van der Waals surface area contributed by atoms with Crippen LogP contribution in [0.3, 0.4) is 0 Å². The van der Waals surface area contributed by atoms with Gasteiger partial charge in [0.2, 0.25) is 0 Å². The van der Waals surface area contributed by atoms with E-state index in [9.17, 15) is 0 Å². The summed E-state index contributed by atoms with van der Waals surface area (Å²) >= 11 is 0. The van der Waals surface area contributed by atoms with E-state index in [1.54, 1.807) is 0 Å². The Morgan fingerprint density at radius 2 is 0.800 bits per heavy atom. The SMILES string of the molecule is O.O.[Al+3].[O-2].[OH-]. The van der Waals surface area contributed by atoms with E-state index >= 15 is 0 Å². The summed E-state index contributed by atoms with van der Waals surface area (Å²) in [5.41, 5.74) is 0. The van der Waals surface area contributed by atoms with E-state index < -0.39 is 0 Å². The normalized spacial score (nSPS) is 0. The van der Waals surface area contributed by atoms with E-state index in [1.165, 1.54) is 0 Å². The maximum Gasteiger partial charge on any atom is 3.00 e. The molecule has 0 aromatic carbocycles. The minimum atomic E-state index is 0. The van der Waals surface area contributed by atoms with Gasteiger partial charge >= 0.3 is 17.4 Å². The van der Waals surface area contributed by atoms with Gasteiger partial charge in [-0.15, -0.1) is 0 Å². The molecule has 0 amide bonds. The molecular weight excluding hydrogens is 91.0 g/mol. The Labute approximate surface area is 40.2 Å². The number of rotatable bonds is 0. The van der Waals surface area contributed by atoms with E-state index in [1.807, 2.05) is 0 Å². The largest absolute Gasteiger partial charge is 3.00 e. The van der Waals surface area contributed by atoms with Crippen LogP contribution in [-0.2, 0) is 5.48 Å². The zero-order valence-electron chi connectivity index (χ0n) is 2.43. The molecule has 0 aromatic heterocycles. The third-order valence-electron chi connectivity index (χ3n) is 0. The first-order valence-electron chi connectivity index (χ1n) is 0. The van der Waals surface area contributed by atoms with Crippen molar-refractivity contribution in [1.82, 2.24) is 0 Å². The van der Waals surface area contributed by atoms with Crippen LogP contribution < -0.4 is 0 Å². The van der Waals surface area contributed by atoms with Gasteiger partial charge in [-0.25, -0.2) is 0 Å². The second-order valence-electron chi connectivity index (χ2n) is 0. The molecule has 0 unspecified atom stereocenters. The molecule has 0 saturated heterocycles. The molecule has 0 fully saturated rings. The fourth-order valence-corrected chi connectivity index (χ4v) is 0. The molecule has 0 rings (SSSR count). The third kappa shape index (κ3) is 177. The van der Waals surface area contributed by atoms with Crippen molar-refractivity contribution >= 4 is 17.4 Å². The first-order chi connectivity index (χ1) is 0. The van der Waals surface area contributed by atoms with Gasteiger partial charge in [-0.2, -0.15) is 0 Å². The summed E-state index contributed by atoms with van der Waals surface area (Å²) in [5, 5.41) is 0. The van der Waals surface area contributed by atoms with Crippen molar-refractivity contribution < 1.29 is 21.9 Å². The zero-order valence-corrected chi connectivity index (χ0v) is 3.59. The molecule has 0 aliphatic rings. The molecule has 0 radical (unpaired) electrons. The zero-order chi connectivity index (χ0) is 0. The van der Waals surface area contributed by atoms with Crippen LogP contribution in [0.15, 0.2) is 0 Å². The number of hydrogen-bond donors (Lipinski definition) is 0. The van der Waals surface area contributed by atoms with Gasteiger partial charge in [0.05, 0.1) is 0 Å². The van der Waals surface area contributed by atoms with Crippen molar-refractivity contribution in [2.45, 2.75) is 0 Å². The van der Waals surface area contributed by atoms with E-state index in [0.29, 0.717) is 0 Å². The Hall–Kier alpha value is 0.372. The van der Waals surface area contributed by atoms with Crippen LogP contribution in [0.4, 0.5) is 0 Å². The molecule has 0 spiro atoms. The Morgan fingerprint density at radius 1 is 0.800 bits per heavy atom. The van der Waals surface area contributed by atoms with Crippen molar-refractivity contribution in [2.75, 3.05) is 0 Å². The predicted octanol–water partition coefficient (Wildman–Crippen LogP) is -2.33. The molecule has 0 atom stereocenters. The first kappa shape index (κ1) is 740. The Morgan fingerprint density at radius 3 is 0.800 bits per heavy atom. The van der Waals surface area contributed by atoms with Gasteiger partial charge in [-0.05, 0) is 0 Å². The van der Waals surface area contributed by atoms with Gasteiger partial charge in [0, 0.05) is 0 Å². The van der Waals surface area contributed by atoms with Crippen LogP contribution in [0.1, 0.15) is 0 Å². The summed E-state index contributed by atoms with van der Waals surface area (Å²) in [6.07, 6.45) is 0. The van der Waals surface area contributed by atoms with Crippen molar-refractivity contribution in [3.05, 3.63) is 0 Å². The van der Waals surface area contributed by atoms with Crippen LogP contribution in [-0.4, -0.2) is 33.8 Å². The number of hydrogen-bond acceptors (Lipinski definition) is 1. The van der Waals surface area contributed by atoms with Crippen molar-refractivity contribution in [2.24, 2.45) is 0 Å². The summed E-state index contributed by atoms with van der Waals surface area (Å²) in [6.45, 7) is 0. The van der Waals surface area contributed by atoms with Gasteiger partial charge < -0.3 is 21.9 Å². The average Bonchev–Trinajstić information content (AvgIpc) is 0. The summed E-state index contributed by atoms with van der Waals surface area (Å²) in [7, 11) is 0. The van der Waals surface area contributed by atoms with Gasteiger partial charge in [0.15, 0.2) is 0 Å². The molecule has 4 nitrogen and oxygen atoms in total. The van der Waals surface area contributed by atoms with Crippen LogP contribution in [0, 0.1) is 0 Å². The molecule has 5 N–H and O–H groups in total. The minimum absolute atomic E-state index is 0. The molecule has 0 bridgehead atoms. The quantitative estimate of drug-likeness (QED) is 0.308. The molecule has 0 heterocycles. The van der Waals surface area contributed by atoms with E-state index in [2.05, 4.69) is 0 Å². The van der Waals surface area contributed by atoms with Gasteiger partial charge in [0.1, 0.15) is 0 Å². The molecule has 0 aliphatic heterocycles. The first-order valence-corrected chi connectivity index (χ1v) is 0. The Kier molecular flexibility index (Phi) is 53100. The summed E-state index contributed by atoms with van der Waals surface area (Å²) < 4.78 is 0. The molecule has 0 aromatic rings. The van der Waals surface area contributed by atoms with E-state index in [0.717, 1.165) is 0 Å². The van der Waals surface area contributed by atoms with Crippen molar-refractivity contribution in [3.63, 3.8) is 0 Å². The second-order valence-corrected chi connectivity index (χ2v) is 0. The van der Waals surface area contributed by atoms with Gasteiger partial charge in [0.25, 0.3) is 0 Å². The molecular formula is H5AlO4. The predicted molar refractivity (Wildman–Crippen MR) is 15.6 cm³/mol. The van der Waals surface area contributed by atoms with Gasteiger partial charge in [-0.1, -0.05) is 0 Å². The molecule has 32 valence electrons. The maximum absolute atomic E-state index is 0. The van der Waals surface area contributed by atoms with Crippen molar-refractivity contribution in [3.8, 4) is 0 Å². The van der Waals surface area contributed by atoms with Crippen LogP contribution >= 0.6 is 0 Å². The summed E-state index contributed by atoms with van der Waals surface area (Å²) in [4.78, 5) is 0. The molecule has 0 aliphatic carbocycles. The average molecular weight is 96.0 g/mol. The second kappa shape index (κ2) is 358. The standard InChI is InChI=1S/Al.3H2O.O/h;3*1H2;/q+3;;;;-2/p-1. The molecule has 0 saturated carbocycles. The van der Waals surface area contributed by atoms with Crippen molar-refractivity contribution in [1.29, 1.82) is 0 Å². The monoisotopic (exact) mass is 96.0 g/mol. The smallest absolute Gasteiger partial charge is 2.00 e. The summed E-state index contributed by atoms with van der Waals surface area (Å²) in [6, 6.07) is 0. The van der Waals surface area contributed by atoms with E-state index in [-0.39, 0.29) is 39.3 Å². The van der Waals surface area contributed by atoms with Crippen LogP contribution in [0.2, 0.25) is 0 Å². The van der Waals surface area contributed by atoms with Gasteiger partial charge in [-0.3, -0.25) is 0 Å². The topological polar surface area (TPSA) is 122 Å². The third-order valence-corrected chi connectivity index (χ3v) is 0. The maximum atomic E-state index is 0. The van der Waals surface area contributed by atoms with E-state index in [4.69, 9.17) is 0 Å².